The predicted molar refractivity (Wildman–Crippen MR) is 83.3 cm³/mol. The van der Waals surface area contributed by atoms with Crippen LogP contribution in [0.2, 0.25) is 0 Å². The number of anilines is 1. The lowest BCUT2D eigenvalue weighted by Crippen LogP contribution is -2.54. The minimum atomic E-state index is -3.59. The van der Waals surface area contributed by atoms with Crippen LogP contribution in [0.25, 0.3) is 0 Å². The molecule has 1 fully saturated rings. The average molecular weight is 308 g/mol. The minimum Gasteiger partial charge on any atom is -0.373 e. The van der Waals surface area contributed by atoms with Gasteiger partial charge in [0.2, 0.25) is 0 Å². The second kappa shape index (κ2) is 5.68. The summed E-state index contributed by atoms with van der Waals surface area (Å²) in [6, 6.07) is 6.93. The molecule has 0 N–H and O–H groups in total. The Balaban J connectivity index is 2.28. The summed E-state index contributed by atoms with van der Waals surface area (Å²) in [5.74, 6) is 2.51. The van der Waals surface area contributed by atoms with E-state index in [1.807, 2.05) is 13.8 Å². The molecule has 2 rings (SSSR count). The van der Waals surface area contributed by atoms with E-state index in [9.17, 15) is 8.42 Å². The largest absolute Gasteiger partial charge is 0.373 e. The Hall–Kier alpha value is -1.55. The molecule has 1 aromatic carbocycles. The fourth-order valence-corrected chi connectivity index (χ4v) is 3.77. The molecule has 0 spiro atoms. The highest BCUT2D eigenvalue weighted by Gasteiger charge is 2.36. The molecule has 1 aromatic rings. The lowest BCUT2D eigenvalue weighted by Gasteiger charge is -2.39. The van der Waals surface area contributed by atoms with Crippen molar-refractivity contribution in [3.05, 3.63) is 29.8 Å². The van der Waals surface area contributed by atoms with Gasteiger partial charge in [0, 0.05) is 25.7 Å². The first-order valence-electron chi connectivity index (χ1n) is 6.71. The number of ether oxygens (including phenoxy) is 1. The van der Waals surface area contributed by atoms with Crippen molar-refractivity contribution in [2.45, 2.75) is 19.4 Å². The van der Waals surface area contributed by atoms with Crippen molar-refractivity contribution in [3.8, 4) is 12.3 Å². The van der Waals surface area contributed by atoms with E-state index in [1.165, 1.54) is 15.7 Å². The van der Waals surface area contributed by atoms with Gasteiger partial charge in [-0.3, -0.25) is 4.31 Å². The maximum Gasteiger partial charge on any atom is 0.304 e. The number of nitrogens with zero attached hydrogens (tertiary/aromatic N) is 2. The topological polar surface area (TPSA) is 49.9 Å². The fraction of sp³-hybridized carbons (Fsp3) is 0.467. The summed E-state index contributed by atoms with van der Waals surface area (Å²) in [5.41, 5.74) is 0.721. The molecule has 0 aromatic heterocycles. The lowest BCUT2D eigenvalue weighted by atomic mass is 10.1. The zero-order chi connectivity index (χ0) is 15.7. The molecule has 0 aliphatic carbocycles. The van der Waals surface area contributed by atoms with Gasteiger partial charge in [-0.1, -0.05) is 12.0 Å². The van der Waals surface area contributed by atoms with Gasteiger partial charge in [0.25, 0.3) is 0 Å². The lowest BCUT2D eigenvalue weighted by molar-refractivity contribution is -0.0640. The summed E-state index contributed by atoms with van der Waals surface area (Å²) in [4.78, 5) is 0. The number of benzene rings is 1. The van der Waals surface area contributed by atoms with Crippen molar-refractivity contribution in [1.29, 1.82) is 0 Å². The van der Waals surface area contributed by atoms with E-state index in [2.05, 4.69) is 5.92 Å². The quantitative estimate of drug-likeness (QED) is 0.794. The van der Waals surface area contributed by atoms with Gasteiger partial charge in [-0.2, -0.15) is 12.7 Å². The van der Waals surface area contributed by atoms with E-state index in [-0.39, 0.29) is 0 Å². The fourth-order valence-electron chi connectivity index (χ4n) is 2.27. The van der Waals surface area contributed by atoms with Crippen LogP contribution in [0.5, 0.6) is 0 Å². The van der Waals surface area contributed by atoms with Gasteiger partial charge in [0.15, 0.2) is 0 Å². The molecule has 1 heterocycles. The summed E-state index contributed by atoms with van der Waals surface area (Å²) in [6.07, 6.45) is 5.36. The molecular weight excluding hydrogens is 288 g/mol. The van der Waals surface area contributed by atoms with Crippen LogP contribution >= 0.6 is 0 Å². The molecule has 6 heteroatoms. The molecule has 0 bridgehead atoms. The third kappa shape index (κ3) is 3.38. The predicted octanol–water partition coefficient (Wildman–Crippen LogP) is 1.46. The van der Waals surface area contributed by atoms with E-state index in [0.717, 1.165) is 0 Å². The molecule has 1 aliphatic heterocycles. The number of hydrogen-bond donors (Lipinski definition) is 0. The smallest absolute Gasteiger partial charge is 0.304 e. The average Bonchev–Trinajstić information content (AvgIpc) is 2.45. The Morgan fingerprint density at radius 2 is 2.14 bits per heavy atom. The first kappa shape index (κ1) is 15.8. The highest BCUT2D eigenvalue weighted by atomic mass is 32.2. The van der Waals surface area contributed by atoms with Crippen molar-refractivity contribution in [1.82, 2.24) is 4.31 Å². The third-order valence-electron chi connectivity index (χ3n) is 3.44. The Morgan fingerprint density at radius 1 is 1.43 bits per heavy atom. The second-order valence-electron chi connectivity index (χ2n) is 5.61. The Morgan fingerprint density at radius 3 is 2.76 bits per heavy atom. The number of morpholine rings is 1. The summed E-state index contributed by atoms with van der Waals surface area (Å²) in [6.45, 7) is 4.84. The van der Waals surface area contributed by atoms with Crippen molar-refractivity contribution < 1.29 is 13.2 Å². The molecular formula is C15H20N2O3S. The van der Waals surface area contributed by atoms with E-state index in [0.29, 0.717) is 30.9 Å². The zero-order valence-corrected chi connectivity index (χ0v) is 13.4. The molecule has 0 saturated carbocycles. The molecule has 0 radical (unpaired) electrons. The standard InChI is InChI=1S/C15H20N2O3S/c1-5-13-7-6-8-14(11-13)16(4)21(18,19)17-9-10-20-15(2,3)12-17/h1,6-8,11H,9-10,12H2,2-4H3. The van der Waals surface area contributed by atoms with Crippen LogP contribution in [0, 0.1) is 12.3 Å². The maximum absolute atomic E-state index is 12.7. The van der Waals surface area contributed by atoms with Gasteiger partial charge < -0.3 is 4.74 Å². The Labute approximate surface area is 126 Å². The van der Waals surface area contributed by atoms with E-state index < -0.39 is 15.8 Å². The van der Waals surface area contributed by atoms with Gasteiger partial charge in [-0.05, 0) is 32.0 Å². The zero-order valence-electron chi connectivity index (χ0n) is 12.5. The van der Waals surface area contributed by atoms with Crippen molar-refractivity contribution in [3.63, 3.8) is 0 Å². The summed E-state index contributed by atoms with van der Waals surface area (Å²) in [5, 5.41) is 0. The van der Waals surface area contributed by atoms with Crippen LogP contribution in [0.1, 0.15) is 19.4 Å². The first-order chi connectivity index (χ1) is 9.76. The van der Waals surface area contributed by atoms with E-state index >= 15 is 0 Å². The number of terminal acetylenes is 1. The molecule has 21 heavy (non-hydrogen) atoms. The van der Waals surface area contributed by atoms with Crippen molar-refractivity contribution in [2.24, 2.45) is 0 Å². The van der Waals surface area contributed by atoms with Crippen LogP contribution in [0.4, 0.5) is 5.69 Å². The van der Waals surface area contributed by atoms with Crippen molar-refractivity contribution in [2.75, 3.05) is 31.0 Å². The van der Waals surface area contributed by atoms with Crippen LogP contribution in [0.3, 0.4) is 0 Å². The number of rotatable bonds is 3. The molecule has 5 nitrogen and oxygen atoms in total. The highest BCUT2D eigenvalue weighted by Crippen LogP contribution is 2.24. The van der Waals surface area contributed by atoms with Crippen LogP contribution in [0.15, 0.2) is 24.3 Å². The summed E-state index contributed by atoms with van der Waals surface area (Å²) in [7, 11) is -2.06. The van der Waals surface area contributed by atoms with Gasteiger partial charge in [-0.15, -0.1) is 6.42 Å². The van der Waals surface area contributed by atoms with Crippen LogP contribution in [-0.4, -0.2) is 45.1 Å². The minimum absolute atomic E-state index is 0.328. The molecule has 114 valence electrons. The monoisotopic (exact) mass is 308 g/mol. The SMILES string of the molecule is C#Cc1cccc(N(C)S(=O)(=O)N2CCOC(C)(C)C2)c1. The van der Waals surface area contributed by atoms with Crippen LogP contribution < -0.4 is 4.31 Å². The van der Waals surface area contributed by atoms with E-state index in [1.54, 1.807) is 24.3 Å². The van der Waals surface area contributed by atoms with Gasteiger partial charge in [0.05, 0.1) is 17.9 Å². The first-order valence-corrected chi connectivity index (χ1v) is 8.11. The molecule has 1 aliphatic rings. The molecule has 1 saturated heterocycles. The van der Waals surface area contributed by atoms with E-state index in [4.69, 9.17) is 11.2 Å². The molecule has 0 amide bonds. The van der Waals surface area contributed by atoms with Crippen LogP contribution in [-0.2, 0) is 14.9 Å². The van der Waals surface area contributed by atoms with Gasteiger partial charge in [-0.25, -0.2) is 0 Å². The molecule has 0 unspecified atom stereocenters. The van der Waals surface area contributed by atoms with Gasteiger partial charge in [0.1, 0.15) is 0 Å². The summed E-state index contributed by atoms with van der Waals surface area (Å²) >= 11 is 0. The highest BCUT2D eigenvalue weighted by molar-refractivity contribution is 7.90. The Bertz CT molecular complexity index is 662. The second-order valence-corrected chi connectivity index (χ2v) is 7.57. The molecule has 0 atom stereocenters. The summed E-state index contributed by atoms with van der Waals surface area (Å²) < 4.78 is 33.7. The maximum atomic E-state index is 12.7. The number of hydrogen-bond acceptors (Lipinski definition) is 3. The van der Waals surface area contributed by atoms with Crippen molar-refractivity contribution >= 4 is 15.9 Å². The van der Waals surface area contributed by atoms with Gasteiger partial charge >= 0.3 is 10.2 Å². The third-order valence-corrected chi connectivity index (χ3v) is 5.31. The Kier molecular flexibility index (Phi) is 4.28. The normalized spacial score (nSPS) is 19.0.